The average Bonchev–Trinajstić information content (AvgIpc) is 2.48. The fraction of sp³-hybridized carbons (Fsp3) is 0.0588. The third kappa shape index (κ3) is 2.41. The minimum absolute atomic E-state index is 0.00200. The molecular formula is C17H12FN3. The lowest BCUT2D eigenvalue weighted by Gasteiger charge is -2.11. The summed E-state index contributed by atoms with van der Waals surface area (Å²) in [6.07, 6.45) is 0. The van der Waals surface area contributed by atoms with Crippen LogP contribution in [0.4, 0.5) is 15.8 Å². The minimum atomic E-state index is -0.535. The van der Waals surface area contributed by atoms with Gasteiger partial charge in [-0.1, -0.05) is 24.3 Å². The van der Waals surface area contributed by atoms with E-state index in [0.717, 1.165) is 22.3 Å². The van der Waals surface area contributed by atoms with Crippen molar-refractivity contribution in [1.82, 2.24) is 4.98 Å². The molecule has 0 saturated heterocycles. The van der Waals surface area contributed by atoms with Crippen molar-refractivity contribution in [2.45, 2.75) is 6.92 Å². The van der Waals surface area contributed by atoms with E-state index in [9.17, 15) is 4.39 Å². The van der Waals surface area contributed by atoms with Crippen LogP contribution in [0.2, 0.25) is 0 Å². The highest BCUT2D eigenvalue weighted by Gasteiger charge is 2.09. The third-order valence-corrected chi connectivity index (χ3v) is 3.25. The number of halogens is 1. The Morgan fingerprint density at radius 1 is 1.05 bits per heavy atom. The monoisotopic (exact) mass is 277 g/mol. The van der Waals surface area contributed by atoms with Gasteiger partial charge in [0, 0.05) is 11.1 Å². The Labute approximate surface area is 121 Å². The summed E-state index contributed by atoms with van der Waals surface area (Å²) in [6, 6.07) is 16.1. The molecule has 0 saturated carbocycles. The van der Waals surface area contributed by atoms with Gasteiger partial charge in [0.15, 0.2) is 0 Å². The zero-order valence-corrected chi connectivity index (χ0v) is 11.4. The van der Waals surface area contributed by atoms with Crippen LogP contribution in [0, 0.1) is 24.1 Å². The fourth-order valence-corrected chi connectivity index (χ4v) is 2.23. The van der Waals surface area contributed by atoms with Gasteiger partial charge in [-0.25, -0.2) is 4.39 Å². The van der Waals surface area contributed by atoms with Crippen LogP contribution >= 0.6 is 0 Å². The zero-order chi connectivity index (χ0) is 14.8. The Kier molecular flexibility index (Phi) is 3.25. The fourth-order valence-electron chi connectivity index (χ4n) is 2.23. The van der Waals surface area contributed by atoms with Gasteiger partial charge in [0.05, 0.1) is 16.9 Å². The van der Waals surface area contributed by atoms with Gasteiger partial charge in [-0.05, 0) is 31.2 Å². The van der Waals surface area contributed by atoms with Gasteiger partial charge in [0.1, 0.15) is 17.4 Å². The lowest BCUT2D eigenvalue weighted by Crippen LogP contribution is -1.98. The van der Waals surface area contributed by atoms with E-state index >= 15 is 0 Å². The molecule has 0 bridgehead atoms. The first-order valence-electron chi connectivity index (χ1n) is 6.51. The number of para-hydroxylation sites is 1. The summed E-state index contributed by atoms with van der Waals surface area (Å²) in [5.41, 5.74) is 2.89. The standard InChI is InChI=1S/C17H12FN3/c1-11-8-9-12-4-2-7-16(17(12)20-11)21-15-6-3-5-14(18)13(15)10-19/h2-9,21H,1H3. The van der Waals surface area contributed by atoms with Crippen molar-refractivity contribution in [3.05, 3.63) is 65.6 Å². The highest BCUT2D eigenvalue weighted by molar-refractivity contribution is 5.92. The molecule has 2 aromatic carbocycles. The largest absolute Gasteiger partial charge is 0.353 e. The van der Waals surface area contributed by atoms with Crippen molar-refractivity contribution >= 4 is 22.3 Å². The predicted molar refractivity (Wildman–Crippen MR) is 80.9 cm³/mol. The van der Waals surface area contributed by atoms with E-state index in [4.69, 9.17) is 5.26 Å². The molecule has 1 aromatic heterocycles. The SMILES string of the molecule is Cc1ccc2cccc(Nc3cccc(F)c3C#N)c2n1. The Morgan fingerprint density at radius 2 is 1.81 bits per heavy atom. The van der Waals surface area contributed by atoms with Crippen LogP contribution in [0.1, 0.15) is 11.3 Å². The number of benzene rings is 2. The lowest BCUT2D eigenvalue weighted by molar-refractivity contribution is 0.624. The van der Waals surface area contributed by atoms with Gasteiger partial charge in [0.25, 0.3) is 0 Å². The smallest absolute Gasteiger partial charge is 0.143 e. The molecule has 0 atom stereocenters. The quantitative estimate of drug-likeness (QED) is 0.759. The van der Waals surface area contributed by atoms with Gasteiger partial charge < -0.3 is 5.32 Å². The van der Waals surface area contributed by atoms with E-state index in [-0.39, 0.29) is 5.56 Å². The van der Waals surface area contributed by atoms with Crippen LogP contribution in [0.3, 0.4) is 0 Å². The molecule has 0 amide bonds. The second-order valence-electron chi connectivity index (χ2n) is 4.73. The summed E-state index contributed by atoms with van der Waals surface area (Å²) in [5.74, 6) is -0.535. The van der Waals surface area contributed by atoms with E-state index in [0.29, 0.717) is 5.69 Å². The van der Waals surface area contributed by atoms with Crippen LogP contribution in [0.15, 0.2) is 48.5 Å². The number of fused-ring (bicyclic) bond motifs is 1. The Hall–Kier alpha value is -2.93. The zero-order valence-electron chi connectivity index (χ0n) is 11.4. The first kappa shape index (κ1) is 13.1. The number of hydrogen-bond donors (Lipinski definition) is 1. The minimum Gasteiger partial charge on any atom is -0.353 e. The molecule has 0 fully saturated rings. The lowest BCUT2D eigenvalue weighted by atomic mass is 10.1. The van der Waals surface area contributed by atoms with E-state index < -0.39 is 5.82 Å². The highest BCUT2D eigenvalue weighted by atomic mass is 19.1. The molecular weight excluding hydrogens is 265 g/mol. The molecule has 0 aliphatic carbocycles. The number of pyridine rings is 1. The molecule has 0 aliphatic heterocycles. The van der Waals surface area contributed by atoms with E-state index in [2.05, 4.69) is 10.3 Å². The van der Waals surface area contributed by atoms with Crippen LogP contribution in [0.5, 0.6) is 0 Å². The summed E-state index contributed by atoms with van der Waals surface area (Å²) >= 11 is 0. The van der Waals surface area contributed by atoms with E-state index in [1.807, 2.05) is 43.3 Å². The molecule has 102 valence electrons. The van der Waals surface area contributed by atoms with Crippen LogP contribution in [-0.2, 0) is 0 Å². The normalized spacial score (nSPS) is 10.3. The van der Waals surface area contributed by atoms with E-state index in [1.165, 1.54) is 6.07 Å². The van der Waals surface area contributed by atoms with Gasteiger partial charge in [-0.2, -0.15) is 5.26 Å². The summed E-state index contributed by atoms with van der Waals surface area (Å²) in [5, 5.41) is 13.2. The molecule has 1 N–H and O–H groups in total. The first-order valence-corrected chi connectivity index (χ1v) is 6.51. The van der Waals surface area contributed by atoms with Gasteiger partial charge >= 0.3 is 0 Å². The van der Waals surface area contributed by atoms with Crippen LogP contribution in [0.25, 0.3) is 10.9 Å². The summed E-state index contributed by atoms with van der Waals surface area (Å²) < 4.78 is 13.7. The van der Waals surface area contributed by atoms with Crippen molar-refractivity contribution in [1.29, 1.82) is 5.26 Å². The first-order chi connectivity index (χ1) is 10.2. The number of aryl methyl sites for hydroxylation is 1. The molecule has 0 unspecified atom stereocenters. The summed E-state index contributed by atoms with van der Waals surface area (Å²) in [4.78, 5) is 4.51. The highest BCUT2D eigenvalue weighted by Crippen LogP contribution is 2.27. The summed E-state index contributed by atoms with van der Waals surface area (Å²) in [6.45, 7) is 1.92. The number of anilines is 2. The van der Waals surface area contributed by atoms with Crippen molar-refractivity contribution in [3.63, 3.8) is 0 Å². The molecule has 3 aromatic rings. The van der Waals surface area contributed by atoms with Crippen molar-refractivity contribution in [2.24, 2.45) is 0 Å². The maximum atomic E-state index is 13.7. The second kappa shape index (κ2) is 5.22. The number of rotatable bonds is 2. The topological polar surface area (TPSA) is 48.7 Å². The van der Waals surface area contributed by atoms with Gasteiger partial charge in [-0.15, -0.1) is 0 Å². The van der Waals surface area contributed by atoms with Crippen molar-refractivity contribution in [2.75, 3.05) is 5.32 Å². The van der Waals surface area contributed by atoms with Gasteiger partial charge in [0.2, 0.25) is 0 Å². The predicted octanol–water partition coefficient (Wildman–Crippen LogP) is 4.30. The number of hydrogen-bond acceptors (Lipinski definition) is 3. The molecule has 3 nitrogen and oxygen atoms in total. The second-order valence-corrected chi connectivity index (χ2v) is 4.73. The molecule has 4 heteroatoms. The number of aromatic nitrogens is 1. The Bertz CT molecular complexity index is 866. The summed E-state index contributed by atoms with van der Waals surface area (Å²) in [7, 11) is 0. The van der Waals surface area contributed by atoms with Crippen LogP contribution in [-0.4, -0.2) is 4.98 Å². The van der Waals surface area contributed by atoms with Crippen molar-refractivity contribution < 1.29 is 4.39 Å². The average molecular weight is 277 g/mol. The van der Waals surface area contributed by atoms with E-state index in [1.54, 1.807) is 12.1 Å². The molecule has 3 rings (SSSR count). The molecule has 1 heterocycles. The molecule has 0 aliphatic rings. The molecule has 21 heavy (non-hydrogen) atoms. The third-order valence-electron chi connectivity index (χ3n) is 3.25. The maximum absolute atomic E-state index is 13.7. The van der Waals surface area contributed by atoms with Crippen LogP contribution < -0.4 is 5.32 Å². The van der Waals surface area contributed by atoms with Gasteiger partial charge in [-0.3, -0.25) is 4.98 Å². The van der Waals surface area contributed by atoms with Crippen molar-refractivity contribution in [3.8, 4) is 6.07 Å². The maximum Gasteiger partial charge on any atom is 0.143 e. The number of nitrogens with zero attached hydrogens (tertiary/aromatic N) is 2. The molecule has 0 spiro atoms. The number of nitrogens with one attached hydrogen (secondary N) is 1. The Morgan fingerprint density at radius 3 is 2.62 bits per heavy atom. The number of nitriles is 1. The Balaban J connectivity index is 2.13. The molecule has 0 radical (unpaired) electrons.